The molecule has 0 radical (unpaired) electrons. The summed E-state index contributed by atoms with van der Waals surface area (Å²) < 4.78 is 18.6. The van der Waals surface area contributed by atoms with Crippen molar-refractivity contribution in [2.24, 2.45) is 5.10 Å². The average Bonchev–Trinajstić information content (AvgIpc) is 3.19. The quantitative estimate of drug-likeness (QED) is 0.414. The molecule has 8 heteroatoms. The van der Waals surface area contributed by atoms with E-state index < -0.39 is 0 Å². The number of methoxy groups -OCH3 is 3. The third-order valence-corrected chi connectivity index (χ3v) is 7.08. The summed E-state index contributed by atoms with van der Waals surface area (Å²) in [6, 6.07) is 10.6. The van der Waals surface area contributed by atoms with Crippen LogP contribution in [-0.4, -0.2) is 56.0 Å². The molecule has 2 heterocycles. The maximum absolute atomic E-state index is 12.8. The summed E-state index contributed by atoms with van der Waals surface area (Å²) in [6.07, 6.45) is 4.90. The maximum Gasteiger partial charge on any atom is 0.254 e. The zero-order valence-electron chi connectivity index (χ0n) is 20.8. The Morgan fingerprint density at radius 3 is 2.60 bits per heavy atom. The van der Waals surface area contributed by atoms with E-state index in [2.05, 4.69) is 45.1 Å². The Labute approximate surface area is 205 Å². The van der Waals surface area contributed by atoms with Crippen LogP contribution < -0.4 is 19.6 Å². The fraction of sp³-hybridized carbons (Fsp3) is 0.407. The lowest BCUT2D eigenvalue weighted by atomic mass is 9.89. The van der Waals surface area contributed by atoms with Gasteiger partial charge in [0.25, 0.3) is 5.91 Å². The molecule has 1 N–H and O–H groups in total. The molecule has 35 heavy (non-hydrogen) atoms. The molecule has 2 aliphatic rings. The van der Waals surface area contributed by atoms with E-state index in [0.717, 1.165) is 37.9 Å². The van der Waals surface area contributed by atoms with Crippen LogP contribution in [0.1, 0.15) is 41.3 Å². The van der Waals surface area contributed by atoms with Crippen molar-refractivity contribution in [3.05, 3.63) is 52.7 Å². The maximum atomic E-state index is 12.8. The van der Waals surface area contributed by atoms with Crippen molar-refractivity contribution in [2.45, 2.75) is 38.8 Å². The van der Waals surface area contributed by atoms with Gasteiger partial charge in [0, 0.05) is 35.2 Å². The molecule has 8 nitrogen and oxygen atoms in total. The second-order valence-electron chi connectivity index (χ2n) is 9.17. The molecule has 1 aliphatic carbocycles. The first kappa shape index (κ1) is 23.2. The monoisotopic (exact) mass is 476 g/mol. The Bertz CT molecular complexity index is 1270. The minimum Gasteiger partial charge on any atom is -0.493 e. The number of ether oxygens (including phenoxy) is 3. The molecule has 0 bridgehead atoms. The Morgan fingerprint density at radius 2 is 1.89 bits per heavy atom. The van der Waals surface area contributed by atoms with Crippen molar-refractivity contribution in [1.82, 2.24) is 14.9 Å². The Hall–Kier alpha value is -3.52. The summed E-state index contributed by atoms with van der Waals surface area (Å²) in [5.41, 5.74) is 8.90. The number of carbonyl (C=O) groups is 1. The van der Waals surface area contributed by atoms with Gasteiger partial charge in [0.1, 0.15) is 0 Å². The topological polar surface area (TPSA) is 77.3 Å². The van der Waals surface area contributed by atoms with Crippen LogP contribution in [0.25, 0.3) is 10.9 Å². The molecule has 0 spiro atoms. The van der Waals surface area contributed by atoms with Gasteiger partial charge in [-0.2, -0.15) is 5.10 Å². The van der Waals surface area contributed by atoms with Crippen LogP contribution in [-0.2, 0) is 17.8 Å². The average molecular weight is 477 g/mol. The second-order valence-corrected chi connectivity index (χ2v) is 9.17. The fourth-order valence-electron chi connectivity index (χ4n) is 5.55. The largest absolute Gasteiger partial charge is 0.493 e. The fourth-order valence-corrected chi connectivity index (χ4v) is 5.55. The van der Waals surface area contributed by atoms with Crippen molar-refractivity contribution < 1.29 is 19.0 Å². The zero-order chi connectivity index (χ0) is 24.5. The lowest BCUT2D eigenvalue weighted by Gasteiger charge is -2.39. The molecule has 2 aromatic carbocycles. The summed E-state index contributed by atoms with van der Waals surface area (Å²) >= 11 is 0. The minimum absolute atomic E-state index is 0.124. The lowest BCUT2D eigenvalue weighted by Crippen LogP contribution is -2.44. The highest BCUT2D eigenvalue weighted by Crippen LogP contribution is 2.42. The Kier molecular flexibility index (Phi) is 6.38. The Balaban J connectivity index is 1.30. The van der Waals surface area contributed by atoms with E-state index in [1.54, 1.807) is 39.7 Å². The third kappa shape index (κ3) is 4.23. The van der Waals surface area contributed by atoms with Gasteiger partial charge < -0.3 is 18.8 Å². The number of aromatic nitrogens is 1. The van der Waals surface area contributed by atoms with E-state index in [1.807, 2.05) is 0 Å². The van der Waals surface area contributed by atoms with E-state index in [9.17, 15) is 4.79 Å². The van der Waals surface area contributed by atoms with Crippen molar-refractivity contribution in [1.29, 1.82) is 0 Å². The molecule has 0 unspecified atom stereocenters. The van der Waals surface area contributed by atoms with E-state index in [0.29, 0.717) is 23.8 Å². The normalized spacial score (nSPS) is 17.4. The molecule has 5 rings (SSSR count). The number of nitrogens with zero attached hydrogens (tertiary/aromatic N) is 3. The van der Waals surface area contributed by atoms with Crippen LogP contribution in [0.5, 0.6) is 17.2 Å². The third-order valence-electron chi connectivity index (χ3n) is 7.08. The van der Waals surface area contributed by atoms with Crippen molar-refractivity contribution in [3.8, 4) is 17.2 Å². The molecule has 1 aromatic heterocycles. The summed E-state index contributed by atoms with van der Waals surface area (Å²) in [6.45, 7) is 4.21. The van der Waals surface area contributed by atoms with Gasteiger partial charge in [-0.25, -0.2) is 5.43 Å². The summed E-state index contributed by atoms with van der Waals surface area (Å²) in [5, 5.41) is 5.56. The van der Waals surface area contributed by atoms with Gasteiger partial charge >= 0.3 is 0 Å². The Morgan fingerprint density at radius 1 is 1.11 bits per heavy atom. The molecule has 184 valence electrons. The SMILES string of the molecule is COc1cc(/C=N/NC(=O)CN2CCn3c4c(c5cc(C)ccc53)CCC[C@H]42)cc(OC)c1OC. The molecule has 1 aliphatic heterocycles. The van der Waals surface area contributed by atoms with Gasteiger partial charge in [-0.1, -0.05) is 11.6 Å². The van der Waals surface area contributed by atoms with E-state index >= 15 is 0 Å². The lowest BCUT2D eigenvalue weighted by molar-refractivity contribution is -0.123. The number of benzene rings is 2. The van der Waals surface area contributed by atoms with Gasteiger partial charge in [-0.3, -0.25) is 9.69 Å². The second kappa shape index (κ2) is 9.62. The number of fused-ring (bicyclic) bond motifs is 3. The minimum atomic E-state index is -0.124. The van der Waals surface area contributed by atoms with Crippen molar-refractivity contribution in [3.63, 3.8) is 0 Å². The van der Waals surface area contributed by atoms with Crippen LogP contribution in [0.3, 0.4) is 0 Å². The van der Waals surface area contributed by atoms with E-state index in [-0.39, 0.29) is 11.9 Å². The molecular weight excluding hydrogens is 444 g/mol. The van der Waals surface area contributed by atoms with Gasteiger partial charge in [0.15, 0.2) is 11.5 Å². The van der Waals surface area contributed by atoms with Crippen LogP contribution >= 0.6 is 0 Å². The molecule has 1 atom stereocenters. The molecule has 1 amide bonds. The van der Waals surface area contributed by atoms with Gasteiger partial charge in [-0.05, 0) is 56.0 Å². The number of rotatable bonds is 7. The number of hydrazone groups is 1. The number of aryl methyl sites for hydroxylation is 2. The van der Waals surface area contributed by atoms with Crippen molar-refractivity contribution in [2.75, 3.05) is 34.4 Å². The number of carbonyl (C=O) groups excluding carboxylic acids is 1. The predicted molar refractivity (Wildman–Crippen MR) is 136 cm³/mol. The first-order chi connectivity index (χ1) is 17.0. The predicted octanol–water partition coefficient (Wildman–Crippen LogP) is 3.82. The molecule has 0 saturated carbocycles. The van der Waals surface area contributed by atoms with Crippen molar-refractivity contribution >= 4 is 23.0 Å². The van der Waals surface area contributed by atoms with Crippen LogP contribution in [0.2, 0.25) is 0 Å². The smallest absolute Gasteiger partial charge is 0.254 e. The number of hydrogen-bond acceptors (Lipinski definition) is 6. The molecule has 0 saturated heterocycles. The van der Waals surface area contributed by atoms with Crippen LogP contribution in [0.4, 0.5) is 0 Å². The number of nitrogens with one attached hydrogen (secondary N) is 1. The summed E-state index contributed by atoms with van der Waals surface area (Å²) in [7, 11) is 4.69. The molecule has 0 fully saturated rings. The first-order valence-corrected chi connectivity index (χ1v) is 12.0. The number of amides is 1. The highest BCUT2D eigenvalue weighted by molar-refractivity contribution is 5.87. The highest BCUT2D eigenvalue weighted by atomic mass is 16.5. The van der Waals surface area contributed by atoms with Crippen LogP contribution in [0.15, 0.2) is 35.4 Å². The number of hydrogen-bond donors (Lipinski definition) is 1. The standard InChI is InChI=1S/C27H32N4O4/c1-17-8-9-21-20(12-17)19-6-5-7-22-26(19)31(21)11-10-30(22)16-25(32)29-28-15-18-13-23(33-2)27(35-4)24(14-18)34-3/h8-9,12-15,22H,5-7,10-11,16H2,1-4H3,(H,29,32)/b28-15+/t22-/m1/s1. The van der Waals surface area contributed by atoms with Gasteiger partial charge in [-0.15, -0.1) is 0 Å². The van der Waals surface area contributed by atoms with Crippen LogP contribution in [0, 0.1) is 6.92 Å². The summed E-state index contributed by atoms with van der Waals surface area (Å²) in [5.74, 6) is 1.46. The summed E-state index contributed by atoms with van der Waals surface area (Å²) in [4.78, 5) is 15.1. The van der Waals surface area contributed by atoms with Gasteiger partial charge in [0.05, 0.1) is 40.1 Å². The molecule has 3 aromatic rings. The first-order valence-electron chi connectivity index (χ1n) is 12.0. The zero-order valence-corrected chi connectivity index (χ0v) is 20.8. The van der Waals surface area contributed by atoms with Gasteiger partial charge in [0.2, 0.25) is 5.75 Å². The van der Waals surface area contributed by atoms with E-state index in [4.69, 9.17) is 14.2 Å². The van der Waals surface area contributed by atoms with E-state index in [1.165, 1.54) is 27.7 Å². The highest BCUT2D eigenvalue weighted by Gasteiger charge is 2.35. The molecular formula is C27H32N4O4.